The van der Waals surface area contributed by atoms with E-state index in [4.69, 9.17) is 5.11 Å². The minimum Gasteiger partial charge on any atom is -0.478 e. The molecule has 0 bridgehead atoms. The molecule has 0 aromatic heterocycles. The van der Waals surface area contributed by atoms with Crippen LogP contribution < -0.4 is 0 Å². The van der Waals surface area contributed by atoms with Crippen LogP contribution in [0.25, 0.3) is 0 Å². The van der Waals surface area contributed by atoms with E-state index >= 15 is 0 Å². The highest BCUT2D eigenvalue weighted by Gasteiger charge is 2.26. The Morgan fingerprint density at radius 1 is 0.923 bits per heavy atom. The summed E-state index contributed by atoms with van der Waals surface area (Å²) in [5.74, 6) is 3.95. The van der Waals surface area contributed by atoms with Crippen molar-refractivity contribution in [3.63, 3.8) is 0 Å². The molecule has 204 valence electrons. The predicted molar refractivity (Wildman–Crippen MR) is 154 cm³/mol. The number of hydrogen-bond acceptors (Lipinski definition) is 4. The van der Waals surface area contributed by atoms with Crippen molar-refractivity contribution < 1.29 is 22.7 Å². The van der Waals surface area contributed by atoms with Crippen LogP contribution in [0.2, 0.25) is 0 Å². The lowest BCUT2D eigenvalue weighted by atomic mass is 10.1. The lowest BCUT2D eigenvalue weighted by Crippen LogP contribution is -2.20. The van der Waals surface area contributed by atoms with E-state index in [1.54, 1.807) is 12.1 Å². The highest BCUT2D eigenvalue weighted by atomic mass is 32.2. The standard InChI is InChI=1S/C32H34FNO4S/c1-3-5-7-9-31(34-23-27-18-21-30(33)29(22-27)32(35)36)39(37,38)28-19-16-26(17-20-28)15-14-25-12-10-24(11-13-25)8-6-4-2/h10-13,16-23,31H,3-9H2,1-2H3,(H,35,36). The number of benzene rings is 3. The van der Waals surface area contributed by atoms with Gasteiger partial charge in [-0.15, -0.1) is 0 Å². The number of nitrogens with zero attached hydrogens (tertiary/aromatic N) is 1. The molecule has 0 spiro atoms. The van der Waals surface area contributed by atoms with Crippen molar-refractivity contribution in [1.82, 2.24) is 0 Å². The minimum atomic E-state index is -3.82. The zero-order valence-corrected chi connectivity index (χ0v) is 23.2. The molecule has 3 aromatic carbocycles. The number of rotatable bonds is 12. The molecule has 7 heteroatoms. The SMILES string of the molecule is CCCCCC(N=Cc1ccc(F)c(C(=O)O)c1)S(=O)(=O)c1ccc(C#Cc2ccc(CCCC)cc2)cc1. The lowest BCUT2D eigenvalue weighted by molar-refractivity contribution is 0.0692. The first-order valence-corrected chi connectivity index (χ1v) is 14.8. The van der Waals surface area contributed by atoms with Crippen molar-refractivity contribution in [2.45, 2.75) is 69.1 Å². The molecule has 3 aromatic rings. The number of aryl methyl sites for hydroxylation is 1. The first kappa shape index (κ1) is 29.8. The highest BCUT2D eigenvalue weighted by molar-refractivity contribution is 7.92. The fourth-order valence-electron chi connectivity index (χ4n) is 4.00. The third-order valence-electron chi connectivity index (χ3n) is 6.33. The van der Waals surface area contributed by atoms with Gasteiger partial charge in [-0.1, -0.05) is 69.6 Å². The number of carboxylic acid groups (broad SMARTS) is 1. The topological polar surface area (TPSA) is 83.8 Å². The van der Waals surface area contributed by atoms with Crippen molar-refractivity contribution >= 4 is 22.0 Å². The van der Waals surface area contributed by atoms with Gasteiger partial charge in [0.2, 0.25) is 9.84 Å². The molecule has 0 heterocycles. The molecule has 3 rings (SSSR count). The van der Waals surface area contributed by atoms with E-state index in [0.717, 1.165) is 49.8 Å². The Labute approximate surface area is 230 Å². The van der Waals surface area contributed by atoms with Crippen LogP contribution in [0.1, 0.15) is 85.0 Å². The number of sulfone groups is 1. The smallest absolute Gasteiger partial charge is 0.338 e. The van der Waals surface area contributed by atoms with Crippen LogP contribution in [0.15, 0.2) is 76.6 Å². The highest BCUT2D eigenvalue weighted by Crippen LogP contribution is 2.23. The maximum atomic E-state index is 13.7. The van der Waals surface area contributed by atoms with E-state index in [1.165, 1.54) is 30.0 Å². The molecular weight excluding hydrogens is 513 g/mol. The Balaban J connectivity index is 1.80. The van der Waals surface area contributed by atoms with E-state index in [2.05, 4.69) is 35.9 Å². The van der Waals surface area contributed by atoms with E-state index in [-0.39, 0.29) is 4.90 Å². The van der Waals surface area contributed by atoms with Crippen LogP contribution in [0, 0.1) is 17.7 Å². The fraction of sp³-hybridized carbons (Fsp3) is 0.312. The normalized spacial score (nSPS) is 12.2. The maximum absolute atomic E-state index is 13.7. The molecule has 1 atom stereocenters. The van der Waals surface area contributed by atoms with Crippen LogP contribution in [-0.2, 0) is 16.3 Å². The van der Waals surface area contributed by atoms with Crippen molar-refractivity contribution in [1.29, 1.82) is 0 Å². The molecule has 39 heavy (non-hydrogen) atoms. The predicted octanol–water partition coefficient (Wildman–Crippen LogP) is 7.07. The summed E-state index contributed by atoms with van der Waals surface area (Å²) in [4.78, 5) is 15.7. The summed E-state index contributed by atoms with van der Waals surface area (Å²) < 4.78 is 40.7. The molecule has 0 radical (unpaired) electrons. The zero-order chi connectivity index (χ0) is 28.3. The zero-order valence-electron chi connectivity index (χ0n) is 22.4. The Hall–Kier alpha value is -3.76. The number of carbonyl (C=O) groups is 1. The van der Waals surface area contributed by atoms with Crippen LogP contribution in [0.5, 0.6) is 0 Å². The number of aliphatic imine (C=N–C) groups is 1. The molecule has 0 saturated carbocycles. The van der Waals surface area contributed by atoms with Gasteiger partial charge in [0, 0.05) is 17.3 Å². The number of hydrogen-bond donors (Lipinski definition) is 1. The maximum Gasteiger partial charge on any atom is 0.338 e. The van der Waals surface area contributed by atoms with Crippen molar-refractivity contribution in [2.24, 2.45) is 4.99 Å². The molecule has 1 N–H and O–H groups in total. The third-order valence-corrected chi connectivity index (χ3v) is 8.33. The Morgan fingerprint density at radius 3 is 2.13 bits per heavy atom. The van der Waals surface area contributed by atoms with Gasteiger partial charge in [0.05, 0.1) is 10.5 Å². The van der Waals surface area contributed by atoms with Crippen LogP contribution in [-0.4, -0.2) is 31.1 Å². The second kappa shape index (κ2) is 14.4. The number of aromatic carboxylic acids is 1. The quantitative estimate of drug-likeness (QED) is 0.149. The van der Waals surface area contributed by atoms with Gasteiger partial charge in [0.1, 0.15) is 5.82 Å². The molecule has 5 nitrogen and oxygen atoms in total. The summed E-state index contributed by atoms with van der Waals surface area (Å²) in [7, 11) is -3.82. The minimum absolute atomic E-state index is 0.136. The summed E-state index contributed by atoms with van der Waals surface area (Å²) in [5, 5.41) is 8.11. The van der Waals surface area contributed by atoms with Gasteiger partial charge in [-0.25, -0.2) is 17.6 Å². The van der Waals surface area contributed by atoms with Crippen molar-refractivity contribution in [3.05, 3.63) is 100 Å². The van der Waals surface area contributed by atoms with Crippen LogP contribution >= 0.6 is 0 Å². The van der Waals surface area contributed by atoms with Gasteiger partial charge in [0.15, 0.2) is 5.37 Å². The average molecular weight is 548 g/mol. The van der Waals surface area contributed by atoms with E-state index in [9.17, 15) is 17.6 Å². The van der Waals surface area contributed by atoms with Crippen molar-refractivity contribution in [2.75, 3.05) is 0 Å². The molecule has 0 aliphatic carbocycles. The van der Waals surface area contributed by atoms with Gasteiger partial charge < -0.3 is 5.11 Å². The third kappa shape index (κ3) is 8.62. The average Bonchev–Trinajstić information content (AvgIpc) is 2.94. The van der Waals surface area contributed by atoms with Gasteiger partial charge in [-0.05, 0) is 78.9 Å². The molecule has 0 saturated heterocycles. The largest absolute Gasteiger partial charge is 0.478 e. The Bertz CT molecular complexity index is 1450. The summed E-state index contributed by atoms with van der Waals surface area (Å²) in [5.41, 5.74) is 2.70. The second-order valence-corrected chi connectivity index (χ2v) is 11.5. The van der Waals surface area contributed by atoms with E-state index < -0.39 is 32.6 Å². The second-order valence-electron chi connectivity index (χ2n) is 9.39. The number of unbranched alkanes of at least 4 members (excludes halogenated alkanes) is 3. The summed E-state index contributed by atoms with van der Waals surface area (Å²) in [6, 6.07) is 18.1. The summed E-state index contributed by atoms with van der Waals surface area (Å²) in [6.07, 6.45) is 7.42. The molecular formula is C32H34FNO4S. The molecule has 0 amide bonds. The first-order chi connectivity index (χ1) is 18.7. The van der Waals surface area contributed by atoms with Crippen molar-refractivity contribution in [3.8, 4) is 11.8 Å². The fourth-order valence-corrected chi connectivity index (χ4v) is 5.53. The van der Waals surface area contributed by atoms with Gasteiger partial charge in [0.25, 0.3) is 0 Å². The molecule has 1 unspecified atom stereocenters. The van der Waals surface area contributed by atoms with Gasteiger partial charge in [-0.2, -0.15) is 0 Å². The monoisotopic (exact) mass is 547 g/mol. The lowest BCUT2D eigenvalue weighted by Gasteiger charge is -2.14. The molecule has 0 aliphatic rings. The van der Waals surface area contributed by atoms with Gasteiger partial charge >= 0.3 is 5.97 Å². The molecule has 0 fully saturated rings. The Kier molecular flexibility index (Phi) is 11.0. The first-order valence-electron chi connectivity index (χ1n) is 13.3. The number of halogens is 1. The summed E-state index contributed by atoms with van der Waals surface area (Å²) in [6.45, 7) is 4.20. The number of carboxylic acids is 1. The van der Waals surface area contributed by atoms with E-state index in [0.29, 0.717) is 24.0 Å². The van der Waals surface area contributed by atoms with Crippen LogP contribution in [0.3, 0.4) is 0 Å². The summed E-state index contributed by atoms with van der Waals surface area (Å²) >= 11 is 0. The van der Waals surface area contributed by atoms with Gasteiger partial charge in [-0.3, -0.25) is 4.99 Å². The van der Waals surface area contributed by atoms with Crippen LogP contribution in [0.4, 0.5) is 4.39 Å². The van der Waals surface area contributed by atoms with E-state index in [1.807, 2.05) is 19.1 Å². The Morgan fingerprint density at radius 2 is 1.54 bits per heavy atom. The molecule has 0 aliphatic heterocycles.